The van der Waals surface area contributed by atoms with Crippen molar-refractivity contribution in [3.8, 4) is 11.5 Å². The van der Waals surface area contributed by atoms with E-state index in [2.05, 4.69) is 34.0 Å². The summed E-state index contributed by atoms with van der Waals surface area (Å²) >= 11 is 0. The summed E-state index contributed by atoms with van der Waals surface area (Å²) in [5.41, 5.74) is 1.74. The second-order valence-corrected chi connectivity index (χ2v) is 5.06. The normalized spacial score (nSPS) is 10.3. The number of benzene rings is 1. The van der Waals surface area contributed by atoms with Gasteiger partial charge in [-0.2, -0.15) is 4.98 Å². The number of aromatic nitrogens is 2. The largest absolute Gasteiger partial charge is 0.497 e. The van der Waals surface area contributed by atoms with Crippen molar-refractivity contribution in [1.29, 1.82) is 0 Å². The van der Waals surface area contributed by atoms with Crippen LogP contribution in [0.2, 0.25) is 0 Å². The van der Waals surface area contributed by atoms with Crippen LogP contribution < -0.4 is 19.7 Å². The van der Waals surface area contributed by atoms with E-state index < -0.39 is 0 Å². The maximum absolute atomic E-state index is 5.41. The van der Waals surface area contributed by atoms with Crippen LogP contribution in [0.5, 0.6) is 11.5 Å². The summed E-state index contributed by atoms with van der Waals surface area (Å²) < 4.78 is 10.6. The predicted octanol–water partition coefficient (Wildman–Crippen LogP) is 3.39. The molecule has 2 rings (SSSR count). The number of aryl methyl sites for hydroxylation is 1. The van der Waals surface area contributed by atoms with E-state index in [9.17, 15) is 0 Å². The van der Waals surface area contributed by atoms with Crippen molar-refractivity contribution in [1.82, 2.24) is 9.97 Å². The number of hydrogen-bond donors (Lipinski definition) is 1. The summed E-state index contributed by atoms with van der Waals surface area (Å²) in [5.74, 6) is 2.91. The zero-order chi connectivity index (χ0) is 16.8. The van der Waals surface area contributed by atoms with Crippen molar-refractivity contribution < 1.29 is 9.47 Å². The number of anilines is 3. The molecule has 1 heterocycles. The average Bonchev–Trinajstić information content (AvgIpc) is 2.56. The van der Waals surface area contributed by atoms with Crippen LogP contribution in [0.1, 0.15) is 19.5 Å². The molecule has 124 valence electrons. The quantitative estimate of drug-likeness (QED) is 0.845. The average molecular weight is 316 g/mol. The molecule has 2 aromatic rings. The predicted molar refractivity (Wildman–Crippen MR) is 93.2 cm³/mol. The SMILES string of the molecule is CCN(CC)c1nc(C)cc(Nc2ccc(OC)cc2OC)n1. The van der Waals surface area contributed by atoms with E-state index in [1.54, 1.807) is 14.2 Å². The molecular weight excluding hydrogens is 292 g/mol. The van der Waals surface area contributed by atoms with E-state index in [0.29, 0.717) is 5.75 Å². The van der Waals surface area contributed by atoms with E-state index in [0.717, 1.165) is 42.0 Å². The molecule has 0 radical (unpaired) electrons. The van der Waals surface area contributed by atoms with Crippen LogP contribution in [0, 0.1) is 6.92 Å². The van der Waals surface area contributed by atoms with E-state index in [4.69, 9.17) is 9.47 Å². The van der Waals surface area contributed by atoms with Gasteiger partial charge in [-0.15, -0.1) is 0 Å². The molecule has 0 spiro atoms. The molecule has 0 amide bonds. The van der Waals surface area contributed by atoms with Gasteiger partial charge in [0.15, 0.2) is 0 Å². The Kier molecular flexibility index (Phi) is 5.62. The van der Waals surface area contributed by atoms with Crippen molar-refractivity contribution in [3.63, 3.8) is 0 Å². The summed E-state index contributed by atoms with van der Waals surface area (Å²) in [4.78, 5) is 11.2. The molecule has 1 aromatic carbocycles. The van der Waals surface area contributed by atoms with Crippen LogP contribution in [-0.4, -0.2) is 37.3 Å². The maximum atomic E-state index is 5.41. The number of rotatable bonds is 7. The molecule has 0 saturated carbocycles. The zero-order valence-corrected chi connectivity index (χ0v) is 14.4. The van der Waals surface area contributed by atoms with Crippen LogP contribution in [-0.2, 0) is 0 Å². The van der Waals surface area contributed by atoms with Gasteiger partial charge in [0.05, 0.1) is 19.9 Å². The van der Waals surface area contributed by atoms with E-state index in [1.807, 2.05) is 31.2 Å². The number of hydrogen-bond acceptors (Lipinski definition) is 6. The first-order valence-corrected chi connectivity index (χ1v) is 7.70. The standard InChI is InChI=1S/C17H24N4O2/c1-6-21(7-2)17-18-12(3)10-16(20-17)19-14-9-8-13(22-4)11-15(14)23-5/h8-11H,6-7H2,1-5H3,(H,18,19,20). The molecule has 0 aliphatic carbocycles. The monoisotopic (exact) mass is 316 g/mol. The van der Waals surface area contributed by atoms with Crippen molar-refractivity contribution in [2.75, 3.05) is 37.5 Å². The molecule has 6 heteroatoms. The van der Waals surface area contributed by atoms with Gasteiger partial charge in [0.25, 0.3) is 0 Å². The van der Waals surface area contributed by atoms with Gasteiger partial charge in [0, 0.05) is 30.9 Å². The fourth-order valence-corrected chi connectivity index (χ4v) is 2.30. The first kappa shape index (κ1) is 16.9. The van der Waals surface area contributed by atoms with Crippen molar-refractivity contribution in [2.24, 2.45) is 0 Å². The molecule has 1 aromatic heterocycles. The highest BCUT2D eigenvalue weighted by Gasteiger charge is 2.10. The number of ether oxygens (including phenoxy) is 2. The minimum absolute atomic E-state index is 0.699. The first-order chi connectivity index (χ1) is 11.1. The van der Waals surface area contributed by atoms with Crippen molar-refractivity contribution >= 4 is 17.5 Å². The van der Waals surface area contributed by atoms with E-state index in [-0.39, 0.29) is 0 Å². The van der Waals surface area contributed by atoms with Crippen molar-refractivity contribution in [3.05, 3.63) is 30.0 Å². The molecule has 1 N–H and O–H groups in total. The number of methoxy groups -OCH3 is 2. The summed E-state index contributed by atoms with van der Waals surface area (Å²) in [5, 5.41) is 3.30. The summed E-state index contributed by atoms with van der Waals surface area (Å²) in [6, 6.07) is 7.54. The van der Waals surface area contributed by atoms with Crippen molar-refractivity contribution in [2.45, 2.75) is 20.8 Å². The molecule has 0 unspecified atom stereocenters. The van der Waals surface area contributed by atoms with Gasteiger partial charge in [-0.25, -0.2) is 4.98 Å². The molecule has 6 nitrogen and oxygen atoms in total. The molecule has 0 atom stereocenters. The zero-order valence-electron chi connectivity index (χ0n) is 14.4. The lowest BCUT2D eigenvalue weighted by Gasteiger charge is -2.20. The molecule has 0 aliphatic rings. The Morgan fingerprint density at radius 2 is 1.78 bits per heavy atom. The molecule has 0 aliphatic heterocycles. The summed E-state index contributed by atoms with van der Waals surface area (Å²) in [6.07, 6.45) is 0. The van der Waals surface area contributed by atoms with Gasteiger partial charge in [0.1, 0.15) is 17.3 Å². The third-order valence-corrected chi connectivity index (χ3v) is 3.56. The summed E-state index contributed by atoms with van der Waals surface area (Å²) in [7, 11) is 3.26. The minimum atomic E-state index is 0.699. The van der Waals surface area contributed by atoms with Gasteiger partial charge >= 0.3 is 0 Å². The Hall–Kier alpha value is -2.50. The first-order valence-electron chi connectivity index (χ1n) is 7.70. The third-order valence-electron chi connectivity index (χ3n) is 3.56. The highest BCUT2D eigenvalue weighted by molar-refractivity contribution is 5.66. The van der Waals surface area contributed by atoms with Gasteiger partial charge in [-0.05, 0) is 32.9 Å². The number of nitrogens with zero attached hydrogens (tertiary/aromatic N) is 3. The Morgan fingerprint density at radius 1 is 1.04 bits per heavy atom. The highest BCUT2D eigenvalue weighted by Crippen LogP contribution is 2.31. The third kappa shape index (κ3) is 4.03. The van der Waals surface area contributed by atoms with Crippen LogP contribution >= 0.6 is 0 Å². The van der Waals surface area contributed by atoms with Gasteiger partial charge in [-0.3, -0.25) is 0 Å². The lowest BCUT2D eigenvalue weighted by atomic mass is 10.2. The van der Waals surface area contributed by atoms with Crippen LogP contribution in [0.4, 0.5) is 17.5 Å². The Morgan fingerprint density at radius 3 is 2.39 bits per heavy atom. The maximum Gasteiger partial charge on any atom is 0.227 e. The molecule has 0 saturated heterocycles. The van der Waals surface area contributed by atoms with Gasteiger partial charge in [-0.1, -0.05) is 0 Å². The Bertz CT molecular complexity index is 657. The van der Waals surface area contributed by atoms with Gasteiger partial charge in [0.2, 0.25) is 5.95 Å². The smallest absolute Gasteiger partial charge is 0.227 e. The molecular formula is C17H24N4O2. The van der Waals surface area contributed by atoms with Gasteiger partial charge < -0.3 is 19.7 Å². The molecule has 0 bridgehead atoms. The Balaban J connectivity index is 2.33. The minimum Gasteiger partial charge on any atom is -0.497 e. The highest BCUT2D eigenvalue weighted by atomic mass is 16.5. The number of nitrogens with one attached hydrogen (secondary N) is 1. The topological polar surface area (TPSA) is 59.5 Å². The van der Waals surface area contributed by atoms with E-state index in [1.165, 1.54) is 0 Å². The van der Waals surface area contributed by atoms with Crippen LogP contribution in [0.15, 0.2) is 24.3 Å². The van der Waals surface area contributed by atoms with Crippen LogP contribution in [0.3, 0.4) is 0 Å². The Labute approximate surface area is 137 Å². The van der Waals surface area contributed by atoms with E-state index >= 15 is 0 Å². The fourth-order valence-electron chi connectivity index (χ4n) is 2.30. The lowest BCUT2D eigenvalue weighted by molar-refractivity contribution is 0.395. The molecule has 23 heavy (non-hydrogen) atoms. The van der Waals surface area contributed by atoms with Crippen LogP contribution in [0.25, 0.3) is 0 Å². The lowest BCUT2D eigenvalue weighted by Crippen LogP contribution is -2.24. The second-order valence-electron chi connectivity index (χ2n) is 5.06. The summed E-state index contributed by atoms with van der Waals surface area (Å²) in [6.45, 7) is 7.88. The second kappa shape index (κ2) is 7.67. The fraction of sp³-hybridized carbons (Fsp3) is 0.412. The molecule has 0 fully saturated rings.